The number of nitrogens with zero attached hydrogens (tertiary/aromatic N) is 2. The number of aromatic nitrogens is 2. The smallest absolute Gasteiger partial charge is 0.0693 e. The lowest BCUT2D eigenvalue weighted by molar-refractivity contribution is 0.635. The molecule has 0 fully saturated rings. The van der Waals surface area contributed by atoms with Crippen molar-refractivity contribution in [2.75, 3.05) is 0 Å². The second kappa shape index (κ2) is 5.10. The van der Waals surface area contributed by atoms with Crippen LogP contribution in [0, 0.1) is 3.57 Å². The van der Waals surface area contributed by atoms with Crippen LogP contribution in [0.4, 0.5) is 0 Å². The summed E-state index contributed by atoms with van der Waals surface area (Å²) < 4.78 is 3.34. The van der Waals surface area contributed by atoms with E-state index in [4.69, 9.17) is 0 Å². The van der Waals surface area contributed by atoms with Gasteiger partial charge < -0.3 is 0 Å². The second-order valence-corrected chi connectivity index (χ2v) is 5.55. The van der Waals surface area contributed by atoms with Crippen molar-refractivity contribution >= 4 is 33.5 Å². The van der Waals surface area contributed by atoms with E-state index in [2.05, 4.69) is 80.9 Å². The maximum atomic E-state index is 4.46. The normalized spacial score (nSPS) is 10.9. The molecule has 0 saturated heterocycles. The third-order valence-corrected chi connectivity index (χ3v) is 3.73. The van der Waals surface area contributed by atoms with E-state index in [1.54, 1.807) is 0 Å². The van der Waals surface area contributed by atoms with Gasteiger partial charge in [-0.2, -0.15) is 5.10 Å². The van der Waals surface area contributed by atoms with Crippen LogP contribution < -0.4 is 0 Å². The molecule has 3 rings (SSSR count). The molecule has 2 nitrogen and oxygen atoms in total. The number of benzene rings is 2. The van der Waals surface area contributed by atoms with E-state index < -0.39 is 0 Å². The summed E-state index contributed by atoms with van der Waals surface area (Å²) in [4.78, 5) is 0. The molecular formula is C15H13IN2. The van der Waals surface area contributed by atoms with E-state index in [0.717, 1.165) is 13.0 Å². The third-order valence-electron chi connectivity index (χ3n) is 3.06. The summed E-state index contributed by atoms with van der Waals surface area (Å²) >= 11 is 2.34. The van der Waals surface area contributed by atoms with E-state index in [-0.39, 0.29) is 0 Å². The van der Waals surface area contributed by atoms with Crippen LogP contribution in [-0.4, -0.2) is 9.78 Å². The van der Waals surface area contributed by atoms with Crippen LogP contribution in [0.1, 0.15) is 5.56 Å². The Morgan fingerprint density at radius 1 is 1.06 bits per heavy atom. The first-order valence-electron chi connectivity index (χ1n) is 5.98. The van der Waals surface area contributed by atoms with Crippen LogP contribution in [0.2, 0.25) is 0 Å². The van der Waals surface area contributed by atoms with Crippen LogP contribution in [0.15, 0.2) is 54.7 Å². The minimum Gasteiger partial charge on any atom is -0.264 e. The highest BCUT2D eigenvalue weighted by atomic mass is 127. The van der Waals surface area contributed by atoms with E-state index in [9.17, 15) is 0 Å². The molecule has 0 radical (unpaired) electrons. The average molecular weight is 348 g/mol. The van der Waals surface area contributed by atoms with Crippen molar-refractivity contribution in [3.05, 3.63) is 63.9 Å². The molecule has 0 unspecified atom stereocenters. The summed E-state index contributed by atoms with van der Waals surface area (Å²) in [6, 6.07) is 17.0. The van der Waals surface area contributed by atoms with E-state index in [0.29, 0.717) is 0 Å². The monoisotopic (exact) mass is 348 g/mol. The summed E-state index contributed by atoms with van der Waals surface area (Å²) in [7, 11) is 0. The highest BCUT2D eigenvalue weighted by molar-refractivity contribution is 14.1. The maximum absolute atomic E-state index is 4.46. The minimum absolute atomic E-state index is 0.924. The molecule has 90 valence electrons. The molecule has 0 atom stereocenters. The van der Waals surface area contributed by atoms with E-state index in [1.807, 2.05) is 6.20 Å². The Kier molecular flexibility index (Phi) is 3.32. The first kappa shape index (κ1) is 11.7. The molecule has 0 amide bonds. The topological polar surface area (TPSA) is 17.8 Å². The zero-order valence-corrected chi connectivity index (χ0v) is 12.0. The van der Waals surface area contributed by atoms with Gasteiger partial charge in [-0.25, -0.2) is 0 Å². The van der Waals surface area contributed by atoms with Gasteiger partial charge >= 0.3 is 0 Å². The standard InChI is InChI=1S/C15H13IN2/c16-14-7-6-13-11-17-18(15(13)10-14)9-8-12-4-2-1-3-5-12/h1-7,10-11H,8-9H2. The van der Waals surface area contributed by atoms with Crippen molar-refractivity contribution in [2.45, 2.75) is 13.0 Å². The zero-order chi connectivity index (χ0) is 12.4. The number of fused-ring (bicyclic) bond motifs is 1. The number of hydrogen-bond acceptors (Lipinski definition) is 1. The van der Waals surface area contributed by atoms with Crippen LogP contribution in [0.25, 0.3) is 10.9 Å². The van der Waals surface area contributed by atoms with Gasteiger partial charge in [0.25, 0.3) is 0 Å². The van der Waals surface area contributed by atoms with Gasteiger partial charge in [0.15, 0.2) is 0 Å². The lowest BCUT2D eigenvalue weighted by Crippen LogP contribution is -2.02. The molecule has 3 heteroatoms. The van der Waals surface area contributed by atoms with Crippen LogP contribution in [0.5, 0.6) is 0 Å². The SMILES string of the molecule is Ic1ccc2cnn(CCc3ccccc3)c2c1. The van der Waals surface area contributed by atoms with Crippen molar-refractivity contribution in [1.82, 2.24) is 9.78 Å². The lowest BCUT2D eigenvalue weighted by Gasteiger charge is -2.04. The van der Waals surface area contributed by atoms with Gasteiger partial charge in [-0.15, -0.1) is 0 Å². The number of rotatable bonds is 3. The van der Waals surface area contributed by atoms with Crippen molar-refractivity contribution in [3.63, 3.8) is 0 Å². The third kappa shape index (κ3) is 2.41. The Labute approximate surface area is 120 Å². The quantitative estimate of drug-likeness (QED) is 0.657. The fraction of sp³-hybridized carbons (Fsp3) is 0.133. The van der Waals surface area contributed by atoms with E-state index in [1.165, 1.54) is 20.0 Å². The number of halogens is 1. The number of hydrogen-bond donors (Lipinski definition) is 0. The van der Waals surface area contributed by atoms with Gasteiger partial charge in [0.05, 0.1) is 11.7 Å². The molecule has 0 aliphatic heterocycles. The Morgan fingerprint density at radius 2 is 1.89 bits per heavy atom. The van der Waals surface area contributed by atoms with Gasteiger partial charge in [-0.05, 0) is 46.7 Å². The van der Waals surface area contributed by atoms with Gasteiger partial charge in [0.2, 0.25) is 0 Å². The molecule has 2 aromatic carbocycles. The summed E-state index contributed by atoms with van der Waals surface area (Å²) in [5.41, 5.74) is 2.57. The molecule has 1 aromatic heterocycles. The highest BCUT2D eigenvalue weighted by Crippen LogP contribution is 2.17. The lowest BCUT2D eigenvalue weighted by atomic mass is 10.1. The first-order valence-corrected chi connectivity index (χ1v) is 7.06. The molecule has 0 aliphatic rings. The molecule has 0 saturated carbocycles. The minimum atomic E-state index is 0.924. The molecule has 3 aromatic rings. The maximum Gasteiger partial charge on any atom is 0.0693 e. The first-order chi connectivity index (χ1) is 8.83. The molecule has 0 N–H and O–H groups in total. The van der Waals surface area contributed by atoms with Gasteiger partial charge in [0, 0.05) is 15.5 Å². The molecular weight excluding hydrogens is 335 g/mol. The Bertz CT molecular complexity index is 659. The molecule has 0 spiro atoms. The summed E-state index contributed by atoms with van der Waals surface area (Å²) in [5, 5.41) is 5.68. The molecule has 0 aliphatic carbocycles. The Morgan fingerprint density at radius 3 is 2.72 bits per heavy atom. The van der Waals surface area contributed by atoms with E-state index >= 15 is 0 Å². The second-order valence-electron chi connectivity index (χ2n) is 4.31. The van der Waals surface area contributed by atoms with Gasteiger partial charge in [-0.3, -0.25) is 4.68 Å². The van der Waals surface area contributed by atoms with Crippen LogP contribution >= 0.6 is 22.6 Å². The average Bonchev–Trinajstić information content (AvgIpc) is 2.80. The molecule has 18 heavy (non-hydrogen) atoms. The fourth-order valence-electron chi connectivity index (χ4n) is 2.10. The number of aryl methyl sites for hydroxylation is 2. The van der Waals surface area contributed by atoms with Crippen LogP contribution in [-0.2, 0) is 13.0 Å². The van der Waals surface area contributed by atoms with Crippen molar-refractivity contribution < 1.29 is 0 Å². The van der Waals surface area contributed by atoms with Crippen LogP contribution in [0.3, 0.4) is 0 Å². The van der Waals surface area contributed by atoms with Gasteiger partial charge in [-0.1, -0.05) is 36.4 Å². The largest absolute Gasteiger partial charge is 0.264 e. The molecule has 0 bridgehead atoms. The Balaban J connectivity index is 1.85. The highest BCUT2D eigenvalue weighted by Gasteiger charge is 2.03. The van der Waals surface area contributed by atoms with Crippen molar-refractivity contribution in [1.29, 1.82) is 0 Å². The molecule has 1 heterocycles. The summed E-state index contributed by atoms with van der Waals surface area (Å²) in [6.07, 6.45) is 2.96. The fourth-order valence-corrected chi connectivity index (χ4v) is 2.58. The van der Waals surface area contributed by atoms with Gasteiger partial charge in [0.1, 0.15) is 0 Å². The Hall–Kier alpha value is -1.36. The summed E-state index contributed by atoms with van der Waals surface area (Å²) in [5.74, 6) is 0. The van der Waals surface area contributed by atoms with Crippen molar-refractivity contribution in [2.24, 2.45) is 0 Å². The van der Waals surface area contributed by atoms with Crippen molar-refractivity contribution in [3.8, 4) is 0 Å². The summed E-state index contributed by atoms with van der Waals surface area (Å²) in [6.45, 7) is 0.924. The predicted molar refractivity (Wildman–Crippen MR) is 82.6 cm³/mol. The predicted octanol–water partition coefficient (Wildman–Crippen LogP) is 3.88. The zero-order valence-electron chi connectivity index (χ0n) is 9.88.